The van der Waals surface area contributed by atoms with Crippen LogP contribution in [0.2, 0.25) is 0 Å². The Bertz CT molecular complexity index is 1210. The summed E-state index contributed by atoms with van der Waals surface area (Å²) >= 11 is 3.37. The molecule has 3 aromatic rings. The van der Waals surface area contributed by atoms with Gasteiger partial charge in [0.1, 0.15) is 28.7 Å². The molecule has 2 aliphatic rings. The number of rotatable bonds is 3. The Labute approximate surface area is 200 Å². The molecule has 0 aliphatic carbocycles. The summed E-state index contributed by atoms with van der Waals surface area (Å²) in [6, 6.07) is 18.3. The first kappa shape index (κ1) is 21.3. The number of fused-ring (bicyclic) bond motifs is 2. The predicted octanol–water partition coefficient (Wildman–Crippen LogP) is 4.28. The fraction of sp³-hybridized carbons (Fsp3) is 0.292. The van der Waals surface area contributed by atoms with Crippen LogP contribution in [0.15, 0.2) is 53.1 Å². The van der Waals surface area contributed by atoms with Crippen molar-refractivity contribution in [3.63, 3.8) is 0 Å². The molecule has 3 heterocycles. The topological polar surface area (TPSA) is 86.4 Å². The van der Waals surface area contributed by atoms with Gasteiger partial charge in [0, 0.05) is 44.1 Å². The highest BCUT2D eigenvalue weighted by atomic mass is 79.9. The van der Waals surface area contributed by atoms with Gasteiger partial charge in [-0.1, -0.05) is 30.3 Å². The van der Waals surface area contributed by atoms with Crippen molar-refractivity contribution in [2.45, 2.75) is 19.6 Å². The fourth-order valence-corrected chi connectivity index (χ4v) is 4.71. The van der Waals surface area contributed by atoms with Crippen molar-refractivity contribution in [2.75, 3.05) is 36.4 Å². The Balaban J connectivity index is 1.21. The molecule has 0 radical (unpaired) electrons. The van der Waals surface area contributed by atoms with Gasteiger partial charge in [-0.15, -0.1) is 0 Å². The molecule has 8 nitrogen and oxygen atoms in total. The Morgan fingerprint density at radius 2 is 1.91 bits per heavy atom. The van der Waals surface area contributed by atoms with Crippen LogP contribution in [0.3, 0.4) is 0 Å². The number of amides is 1. The lowest BCUT2D eigenvalue weighted by atomic mass is 10.1. The largest absolute Gasteiger partial charge is 0.445 e. The number of piperazine rings is 1. The van der Waals surface area contributed by atoms with Crippen LogP contribution in [0.4, 0.5) is 22.0 Å². The number of nitrogens with zero attached hydrogens (tertiary/aromatic N) is 5. The molecule has 0 bridgehead atoms. The number of nitrogens with one attached hydrogen (secondary N) is 1. The molecule has 0 atom stereocenters. The number of aromatic nitrogens is 2. The fourth-order valence-electron chi connectivity index (χ4n) is 4.24. The zero-order valence-corrected chi connectivity index (χ0v) is 19.6. The maximum Gasteiger partial charge on any atom is 0.410 e. The van der Waals surface area contributed by atoms with Crippen molar-refractivity contribution >= 4 is 39.2 Å². The first-order chi connectivity index (χ1) is 16.1. The first-order valence-electron chi connectivity index (χ1n) is 10.9. The van der Waals surface area contributed by atoms with E-state index in [0.29, 0.717) is 36.4 Å². The van der Waals surface area contributed by atoms with E-state index in [-0.39, 0.29) is 6.09 Å². The Kier molecular flexibility index (Phi) is 5.92. The molecule has 1 fully saturated rings. The van der Waals surface area contributed by atoms with Crippen molar-refractivity contribution in [3.8, 4) is 6.07 Å². The van der Waals surface area contributed by atoms with Gasteiger partial charge >= 0.3 is 6.09 Å². The molecule has 0 unspecified atom stereocenters. The predicted molar refractivity (Wildman–Crippen MR) is 128 cm³/mol. The summed E-state index contributed by atoms with van der Waals surface area (Å²) in [7, 11) is 0. The summed E-state index contributed by atoms with van der Waals surface area (Å²) < 4.78 is 7.87. The lowest BCUT2D eigenvalue weighted by molar-refractivity contribution is 0.0942. The monoisotopic (exact) mass is 506 g/mol. The molecule has 5 rings (SSSR count). The lowest BCUT2D eigenvalue weighted by Gasteiger charge is -2.35. The molecule has 2 aliphatic heterocycles. The number of hydrogen-bond donors (Lipinski definition) is 1. The average Bonchev–Trinajstić information content (AvgIpc) is 3.04. The smallest absolute Gasteiger partial charge is 0.410 e. The summed E-state index contributed by atoms with van der Waals surface area (Å²) in [4.78, 5) is 16.5. The van der Waals surface area contributed by atoms with Gasteiger partial charge in [0.05, 0.1) is 0 Å². The number of nitriles is 1. The highest BCUT2D eigenvalue weighted by Gasteiger charge is 2.24. The van der Waals surface area contributed by atoms with Gasteiger partial charge < -0.3 is 19.9 Å². The zero-order chi connectivity index (χ0) is 22.8. The summed E-state index contributed by atoms with van der Waals surface area (Å²) in [5.41, 5.74) is 4.81. The highest BCUT2D eigenvalue weighted by Crippen LogP contribution is 2.33. The first-order valence-corrected chi connectivity index (χ1v) is 11.7. The van der Waals surface area contributed by atoms with Crippen molar-refractivity contribution in [1.29, 1.82) is 5.26 Å². The van der Waals surface area contributed by atoms with E-state index in [9.17, 15) is 10.1 Å². The van der Waals surface area contributed by atoms with Crippen LogP contribution in [0.5, 0.6) is 0 Å². The van der Waals surface area contributed by atoms with E-state index in [4.69, 9.17) is 4.74 Å². The van der Waals surface area contributed by atoms with Crippen molar-refractivity contribution < 1.29 is 9.53 Å². The standard InChI is InChI=1S/C24H23BrN6O2/c25-22-20(15-26)23-27-21-7-6-19(14-18(21)8-9-31(23)28-22)29-10-12-30(13-11-29)24(32)33-16-17-4-2-1-3-5-17/h1-7,14,27H,8-13,16H2. The molecule has 2 aromatic carbocycles. The van der Waals surface area contributed by atoms with Crippen LogP contribution >= 0.6 is 15.9 Å². The second-order valence-corrected chi connectivity index (χ2v) is 8.83. The van der Waals surface area contributed by atoms with Crippen LogP contribution in [-0.2, 0) is 24.3 Å². The van der Waals surface area contributed by atoms with Gasteiger partial charge in [-0.25, -0.2) is 9.48 Å². The van der Waals surface area contributed by atoms with Gasteiger partial charge in [0.25, 0.3) is 0 Å². The van der Waals surface area contributed by atoms with Crippen LogP contribution in [0.1, 0.15) is 16.7 Å². The molecule has 1 aromatic heterocycles. The third-order valence-electron chi connectivity index (χ3n) is 6.06. The van der Waals surface area contributed by atoms with Gasteiger partial charge in [0.15, 0.2) is 0 Å². The molecule has 1 N–H and O–H groups in total. The average molecular weight is 507 g/mol. The van der Waals surface area contributed by atoms with Crippen LogP contribution in [0.25, 0.3) is 0 Å². The van der Waals surface area contributed by atoms with Crippen molar-refractivity contribution in [1.82, 2.24) is 14.7 Å². The van der Waals surface area contributed by atoms with Crippen LogP contribution in [0, 0.1) is 11.3 Å². The number of anilines is 3. The maximum absolute atomic E-state index is 12.4. The number of carbonyl (C=O) groups excluding carboxylic acids is 1. The van der Waals surface area contributed by atoms with E-state index in [1.807, 2.05) is 35.0 Å². The normalized spacial score (nSPS) is 15.0. The summed E-state index contributed by atoms with van der Waals surface area (Å²) in [5.74, 6) is 0.721. The third-order valence-corrected chi connectivity index (χ3v) is 6.62. The summed E-state index contributed by atoms with van der Waals surface area (Å²) in [6.45, 7) is 3.73. The number of benzene rings is 2. The minimum Gasteiger partial charge on any atom is -0.445 e. The second kappa shape index (κ2) is 9.16. The molecular weight excluding hydrogens is 484 g/mol. The zero-order valence-electron chi connectivity index (χ0n) is 18.0. The molecule has 1 saturated heterocycles. The highest BCUT2D eigenvalue weighted by molar-refractivity contribution is 9.10. The molecule has 1 amide bonds. The van der Waals surface area contributed by atoms with Gasteiger partial charge in [0.2, 0.25) is 0 Å². The van der Waals surface area contributed by atoms with E-state index in [0.717, 1.165) is 42.3 Å². The molecule has 0 spiro atoms. The van der Waals surface area contributed by atoms with E-state index in [1.54, 1.807) is 4.90 Å². The number of halogens is 1. The number of carbonyl (C=O) groups is 1. The number of hydrogen-bond acceptors (Lipinski definition) is 6. The molecule has 0 saturated carbocycles. The van der Waals surface area contributed by atoms with Gasteiger partial charge in [-0.05, 0) is 51.7 Å². The molecule has 33 heavy (non-hydrogen) atoms. The van der Waals surface area contributed by atoms with Gasteiger partial charge in [-0.3, -0.25) is 0 Å². The van der Waals surface area contributed by atoms with Crippen LogP contribution < -0.4 is 10.2 Å². The quantitative estimate of drug-likeness (QED) is 0.570. The maximum atomic E-state index is 12.4. The van der Waals surface area contributed by atoms with Crippen molar-refractivity contribution in [3.05, 3.63) is 69.8 Å². The van der Waals surface area contributed by atoms with Gasteiger partial charge in [-0.2, -0.15) is 10.4 Å². The SMILES string of the molecule is N#Cc1c(Br)nn2c1Nc1ccc(N3CCN(C(=O)OCc4ccccc4)CC3)cc1CC2. The minimum atomic E-state index is -0.265. The number of ether oxygens (including phenoxy) is 1. The lowest BCUT2D eigenvalue weighted by Crippen LogP contribution is -2.49. The Morgan fingerprint density at radius 1 is 1.12 bits per heavy atom. The van der Waals surface area contributed by atoms with E-state index < -0.39 is 0 Å². The number of aryl methyl sites for hydroxylation is 2. The molecular formula is C24H23BrN6O2. The summed E-state index contributed by atoms with van der Waals surface area (Å²) in [5, 5.41) is 17.3. The minimum absolute atomic E-state index is 0.265. The van der Waals surface area contributed by atoms with E-state index in [2.05, 4.69) is 55.5 Å². The second-order valence-electron chi connectivity index (χ2n) is 8.08. The van der Waals surface area contributed by atoms with E-state index >= 15 is 0 Å². The third kappa shape index (κ3) is 4.39. The van der Waals surface area contributed by atoms with E-state index in [1.165, 1.54) is 5.56 Å². The van der Waals surface area contributed by atoms with Crippen molar-refractivity contribution in [2.24, 2.45) is 0 Å². The van der Waals surface area contributed by atoms with Crippen LogP contribution in [-0.4, -0.2) is 47.0 Å². The molecule has 168 valence electrons. The Hall–Kier alpha value is -3.51. The summed E-state index contributed by atoms with van der Waals surface area (Å²) in [6.07, 6.45) is 0.548. The molecule has 9 heteroatoms. The Morgan fingerprint density at radius 3 is 2.67 bits per heavy atom.